The highest BCUT2D eigenvalue weighted by atomic mass is 35.5. The molecule has 2 aromatic rings. The summed E-state index contributed by atoms with van der Waals surface area (Å²) in [6.07, 6.45) is 1.54. The van der Waals surface area contributed by atoms with Crippen LogP contribution in [0.5, 0.6) is 0 Å². The van der Waals surface area contributed by atoms with Crippen LogP contribution in [0.4, 0.5) is 4.39 Å². The Morgan fingerprint density at radius 1 is 1.32 bits per heavy atom. The van der Waals surface area contributed by atoms with Crippen LogP contribution in [-0.4, -0.2) is 22.2 Å². The van der Waals surface area contributed by atoms with Crippen LogP contribution in [0.1, 0.15) is 5.56 Å². The van der Waals surface area contributed by atoms with Crippen molar-refractivity contribution < 1.29 is 9.18 Å². The summed E-state index contributed by atoms with van der Waals surface area (Å²) >= 11 is 11.3. The summed E-state index contributed by atoms with van der Waals surface area (Å²) in [4.78, 5) is 23.5. The Hall–Kier alpha value is -1.92. The van der Waals surface area contributed by atoms with E-state index in [0.717, 1.165) is 4.68 Å². The lowest BCUT2D eigenvalue weighted by Gasteiger charge is -2.07. The number of nitrogens with zero attached hydrogens (tertiary/aromatic N) is 2. The lowest BCUT2D eigenvalue weighted by atomic mass is 10.1. The van der Waals surface area contributed by atoms with E-state index in [9.17, 15) is 14.0 Å². The molecule has 0 spiro atoms. The number of nitrogens with one attached hydrogen (secondary N) is 1. The minimum atomic E-state index is -0.640. The third kappa shape index (κ3) is 4.05. The third-order valence-electron chi connectivity index (χ3n) is 2.91. The van der Waals surface area contributed by atoms with Crippen molar-refractivity contribution in [1.29, 1.82) is 0 Å². The molecule has 2 rings (SSSR count). The number of carbonyl (C=O) groups excluding carboxylic acids is 1. The van der Waals surface area contributed by atoms with Crippen molar-refractivity contribution in [3.05, 3.63) is 62.2 Å². The Kier molecular flexibility index (Phi) is 5.51. The number of rotatable bonds is 5. The van der Waals surface area contributed by atoms with E-state index in [-0.39, 0.29) is 29.0 Å². The van der Waals surface area contributed by atoms with Gasteiger partial charge in [-0.3, -0.25) is 9.59 Å². The predicted octanol–water partition coefficient (Wildman–Crippen LogP) is 2.05. The fourth-order valence-electron chi connectivity index (χ4n) is 1.79. The summed E-state index contributed by atoms with van der Waals surface area (Å²) in [5.41, 5.74) is -0.133. The van der Waals surface area contributed by atoms with Gasteiger partial charge in [0, 0.05) is 6.54 Å². The molecule has 116 valence electrons. The maximum atomic E-state index is 13.4. The van der Waals surface area contributed by atoms with Crippen molar-refractivity contribution in [2.45, 2.75) is 13.0 Å². The summed E-state index contributed by atoms with van der Waals surface area (Å²) < 4.78 is 14.3. The fraction of sp³-hybridized carbons (Fsp3) is 0.214. The maximum absolute atomic E-state index is 13.4. The van der Waals surface area contributed by atoms with Gasteiger partial charge in [-0.1, -0.05) is 41.4 Å². The molecule has 0 aliphatic heterocycles. The molecule has 0 fully saturated rings. The van der Waals surface area contributed by atoms with Gasteiger partial charge >= 0.3 is 0 Å². The van der Waals surface area contributed by atoms with Gasteiger partial charge in [0.05, 0.1) is 11.2 Å². The van der Waals surface area contributed by atoms with Gasteiger partial charge in [0.25, 0.3) is 5.56 Å². The van der Waals surface area contributed by atoms with Crippen molar-refractivity contribution in [2.75, 3.05) is 6.54 Å². The zero-order valence-electron chi connectivity index (χ0n) is 11.4. The lowest BCUT2D eigenvalue weighted by Crippen LogP contribution is -2.34. The van der Waals surface area contributed by atoms with E-state index < -0.39 is 11.5 Å². The van der Waals surface area contributed by atoms with E-state index in [0.29, 0.717) is 12.0 Å². The minimum Gasteiger partial charge on any atom is -0.354 e. The molecule has 1 aromatic heterocycles. The smallest absolute Gasteiger partial charge is 0.287 e. The second-order valence-corrected chi connectivity index (χ2v) is 5.25. The van der Waals surface area contributed by atoms with Crippen LogP contribution >= 0.6 is 23.2 Å². The standard InChI is InChI=1S/C14H12Cl2FN3O2/c15-10-7-19-20(14(22)13(10)16)8-12(21)18-6-5-9-3-1-2-4-11(9)17/h1-4,7H,5-6,8H2,(H,18,21). The Bertz CT molecular complexity index is 749. The SMILES string of the molecule is O=C(Cn1ncc(Cl)c(Cl)c1=O)NCCc1ccccc1F. The van der Waals surface area contributed by atoms with Gasteiger partial charge in [-0.25, -0.2) is 9.07 Å². The normalized spacial score (nSPS) is 10.5. The van der Waals surface area contributed by atoms with E-state index in [4.69, 9.17) is 23.2 Å². The van der Waals surface area contributed by atoms with Crippen LogP contribution in [0.25, 0.3) is 0 Å². The largest absolute Gasteiger partial charge is 0.354 e. The molecular formula is C14H12Cl2FN3O2. The number of amides is 1. The number of aromatic nitrogens is 2. The highest BCUT2D eigenvalue weighted by Gasteiger charge is 2.10. The maximum Gasteiger partial charge on any atom is 0.287 e. The molecular weight excluding hydrogens is 332 g/mol. The second kappa shape index (κ2) is 7.38. The van der Waals surface area contributed by atoms with Gasteiger partial charge in [0.15, 0.2) is 0 Å². The number of benzene rings is 1. The van der Waals surface area contributed by atoms with Crippen molar-refractivity contribution in [3.63, 3.8) is 0 Å². The highest BCUT2D eigenvalue weighted by molar-refractivity contribution is 6.41. The molecule has 0 bridgehead atoms. The number of hydrogen-bond acceptors (Lipinski definition) is 3. The van der Waals surface area contributed by atoms with Gasteiger partial charge in [-0.05, 0) is 18.1 Å². The van der Waals surface area contributed by atoms with Crippen molar-refractivity contribution in [1.82, 2.24) is 15.1 Å². The summed E-state index contributed by atoms with van der Waals surface area (Å²) in [7, 11) is 0. The summed E-state index contributed by atoms with van der Waals surface area (Å²) in [6.45, 7) is -0.0389. The van der Waals surface area contributed by atoms with E-state index in [1.165, 1.54) is 12.3 Å². The third-order valence-corrected chi connectivity index (χ3v) is 3.66. The minimum absolute atomic E-state index is 0.0304. The van der Waals surface area contributed by atoms with E-state index in [1.54, 1.807) is 18.2 Å². The van der Waals surface area contributed by atoms with Gasteiger partial charge in [0.1, 0.15) is 17.4 Å². The van der Waals surface area contributed by atoms with Gasteiger partial charge in [0.2, 0.25) is 5.91 Å². The van der Waals surface area contributed by atoms with Gasteiger partial charge in [-0.2, -0.15) is 5.10 Å². The molecule has 1 heterocycles. The molecule has 0 aliphatic carbocycles. The zero-order chi connectivity index (χ0) is 16.1. The van der Waals surface area contributed by atoms with Gasteiger partial charge in [-0.15, -0.1) is 0 Å². The monoisotopic (exact) mass is 343 g/mol. The van der Waals surface area contributed by atoms with E-state index in [1.807, 2.05) is 0 Å². The predicted molar refractivity (Wildman–Crippen MR) is 81.6 cm³/mol. The molecule has 22 heavy (non-hydrogen) atoms. The first-order valence-corrected chi connectivity index (χ1v) is 7.16. The van der Waals surface area contributed by atoms with E-state index in [2.05, 4.69) is 10.4 Å². The summed E-state index contributed by atoms with van der Waals surface area (Å²) in [5, 5.41) is 6.16. The van der Waals surface area contributed by atoms with Crippen LogP contribution in [0.3, 0.4) is 0 Å². The topological polar surface area (TPSA) is 64.0 Å². The van der Waals surface area contributed by atoms with Crippen molar-refractivity contribution >= 4 is 29.1 Å². The Morgan fingerprint density at radius 2 is 2.05 bits per heavy atom. The highest BCUT2D eigenvalue weighted by Crippen LogP contribution is 2.14. The quantitative estimate of drug-likeness (QED) is 0.903. The van der Waals surface area contributed by atoms with Gasteiger partial charge < -0.3 is 5.32 Å². The molecule has 1 aromatic carbocycles. The van der Waals surface area contributed by atoms with Crippen LogP contribution in [-0.2, 0) is 17.8 Å². The molecule has 1 amide bonds. The first-order chi connectivity index (χ1) is 10.5. The van der Waals surface area contributed by atoms with Crippen LogP contribution < -0.4 is 10.9 Å². The Labute approximate surface area is 135 Å². The lowest BCUT2D eigenvalue weighted by molar-refractivity contribution is -0.121. The van der Waals surface area contributed by atoms with Crippen LogP contribution in [0, 0.1) is 5.82 Å². The number of halogens is 3. The average molecular weight is 344 g/mol. The summed E-state index contributed by atoms with van der Waals surface area (Å²) in [5.74, 6) is -0.747. The molecule has 5 nitrogen and oxygen atoms in total. The molecule has 0 saturated heterocycles. The Morgan fingerprint density at radius 3 is 2.77 bits per heavy atom. The van der Waals surface area contributed by atoms with E-state index >= 15 is 0 Å². The first-order valence-electron chi connectivity index (χ1n) is 6.40. The average Bonchev–Trinajstić information content (AvgIpc) is 2.50. The molecule has 1 N–H and O–H groups in total. The molecule has 0 aliphatic rings. The number of hydrogen-bond donors (Lipinski definition) is 1. The Balaban J connectivity index is 1.90. The molecule has 0 saturated carbocycles. The summed E-state index contributed by atoms with van der Waals surface area (Å²) in [6, 6.07) is 6.32. The fourth-order valence-corrected chi connectivity index (χ4v) is 2.06. The zero-order valence-corrected chi connectivity index (χ0v) is 12.9. The number of carbonyl (C=O) groups is 1. The molecule has 0 atom stereocenters. The molecule has 0 unspecified atom stereocenters. The first kappa shape index (κ1) is 16.5. The molecule has 0 radical (unpaired) electrons. The van der Waals surface area contributed by atoms with Crippen molar-refractivity contribution in [2.24, 2.45) is 0 Å². The van der Waals surface area contributed by atoms with Crippen LogP contribution in [0.2, 0.25) is 10.0 Å². The molecule has 8 heteroatoms. The van der Waals surface area contributed by atoms with Crippen molar-refractivity contribution in [3.8, 4) is 0 Å². The van der Waals surface area contributed by atoms with Crippen LogP contribution in [0.15, 0.2) is 35.3 Å². The second-order valence-electron chi connectivity index (χ2n) is 4.46.